The van der Waals surface area contributed by atoms with E-state index in [-0.39, 0.29) is 11.8 Å². The Morgan fingerprint density at radius 2 is 1.93 bits per heavy atom. The predicted molar refractivity (Wildman–Crippen MR) is 116 cm³/mol. The Bertz CT molecular complexity index is 1110. The number of primary amides is 1. The number of aromatic nitrogens is 1. The number of nitrogens with two attached hydrogens (primary N) is 1. The molecule has 0 spiro atoms. The van der Waals surface area contributed by atoms with E-state index in [0.717, 1.165) is 60.6 Å². The molecule has 4 rings (SSSR count). The van der Waals surface area contributed by atoms with Gasteiger partial charge in [0.2, 0.25) is 5.91 Å². The van der Waals surface area contributed by atoms with Crippen LogP contribution in [0.1, 0.15) is 29.5 Å². The molecule has 0 bridgehead atoms. The van der Waals surface area contributed by atoms with E-state index in [9.17, 15) is 10.1 Å². The highest BCUT2D eigenvalue weighted by Crippen LogP contribution is 2.28. The number of hydrogen-bond donors (Lipinski definition) is 1. The SMILES string of the molecule is CC(C(N)=O)c1ccc(-c2cc(CN3CCOCC3)c3ccc(C#N)cc3n2)cc1. The van der Waals surface area contributed by atoms with Gasteiger partial charge in [-0.15, -0.1) is 0 Å². The number of pyridine rings is 1. The van der Waals surface area contributed by atoms with E-state index in [1.165, 1.54) is 5.56 Å². The van der Waals surface area contributed by atoms with Crippen molar-refractivity contribution in [3.8, 4) is 17.3 Å². The predicted octanol–water partition coefficient (Wildman–Crippen LogP) is 3.19. The molecule has 1 amide bonds. The summed E-state index contributed by atoms with van der Waals surface area (Å²) in [6.45, 7) is 5.89. The monoisotopic (exact) mass is 400 g/mol. The lowest BCUT2D eigenvalue weighted by Crippen LogP contribution is -2.35. The van der Waals surface area contributed by atoms with Crippen molar-refractivity contribution in [2.75, 3.05) is 26.3 Å². The summed E-state index contributed by atoms with van der Waals surface area (Å²) in [6, 6.07) is 17.8. The van der Waals surface area contributed by atoms with Crippen molar-refractivity contribution >= 4 is 16.8 Å². The third kappa shape index (κ3) is 4.18. The minimum absolute atomic E-state index is 0.335. The summed E-state index contributed by atoms with van der Waals surface area (Å²) in [4.78, 5) is 18.7. The largest absolute Gasteiger partial charge is 0.379 e. The molecule has 2 heterocycles. The molecule has 0 aliphatic carbocycles. The van der Waals surface area contributed by atoms with Gasteiger partial charge in [-0.05, 0) is 36.2 Å². The van der Waals surface area contributed by atoms with E-state index in [4.69, 9.17) is 15.5 Å². The lowest BCUT2D eigenvalue weighted by atomic mass is 9.97. The Morgan fingerprint density at radius 3 is 2.60 bits per heavy atom. The molecule has 3 aromatic rings. The number of nitriles is 1. The van der Waals surface area contributed by atoms with Crippen LogP contribution in [0, 0.1) is 11.3 Å². The molecule has 2 N–H and O–H groups in total. The topological polar surface area (TPSA) is 92.2 Å². The number of fused-ring (bicyclic) bond motifs is 1. The molecule has 6 heteroatoms. The maximum atomic E-state index is 11.5. The van der Waals surface area contributed by atoms with Crippen LogP contribution in [0.25, 0.3) is 22.2 Å². The third-order valence-electron chi connectivity index (χ3n) is 5.66. The number of benzene rings is 2. The Hall–Kier alpha value is -3.27. The molecule has 1 aromatic heterocycles. The summed E-state index contributed by atoms with van der Waals surface area (Å²) < 4.78 is 5.47. The molecule has 6 nitrogen and oxygen atoms in total. The smallest absolute Gasteiger partial charge is 0.224 e. The van der Waals surface area contributed by atoms with Crippen molar-refractivity contribution in [1.29, 1.82) is 5.26 Å². The van der Waals surface area contributed by atoms with Crippen LogP contribution in [0.4, 0.5) is 0 Å². The van der Waals surface area contributed by atoms with Gasteiger partial charge in [-0.3, -0.25) is 9.69 Å². The lowest BCUT2D eigenvalue weighted by Gasteiger charge is -2.27. The fraction of sp³-hybridized carbons (Fsp3) is 0.292. The number of amides is 1. The van der Waals surface area contributed by atoms with Crippen molar-refractivity contribution in [2.24, 2.45) is 5.73 Å². The molecule has 1 fully saturated rings. The molecule has 30 heavy (non-hydrogen) atoms. The molecule has 1 atom stereocenters. The second-order valence-corrected chi connectivity index (χ2v) is 7.64. The molecule has 152 valence electrons. The number of nitrogens with zero attached hydrogens (tertiary/aromatic N) is 3. The Morgan fingerprint density at radius 1 is 1.20 bits per heavy atom. The summed E-state index contributed by atoms with van der Waals surface area (Å²) in [6.07, 6.45) is 0. The number of hydrogen-bond acceptors (Lipinski definition) is 5. The van der Waals surface area contributed by atoms with Gasteiger partial charge in [-0.1, -0.05) is 30.3 Å². The van der Waals surface area contributed by atoms with Gasteiger partial charge < -0.3 is 10.5 Å². The third-order valence-corrected chi connectivity index (χ3v) is 5.66. The van der Waals surface area contributed by atoms with E-state index < -0.39 is 0 Å². The Balaban J connectivity index is 1.75. The molecular weight excluding hydrogens is 376 g/mol. The number of carbonyl (C=O) groups is 1. The van der Waals surface area contributed by atoms with Gasteiger partial charge in [0.25, 0.3) is 0 Å². The van der Waals surface area contributed by atoms with E-state index in [2.05, 4.69) is 17.0 Å². The molecule has 1 unspecified atom stereocenters. The molecule has 0 saturated carbocycles. The number of ether oxygens (including phenoxy) is 1. The molecular formula is C24H24N4O2. The van der Waals surface area contributed by atoms with Crippen molar-refractivity contribution in [3.63, 3.8) is 0 Å². The van der Waals surface area contributed by atoms with Crippen molar-refractivity contribution < 1.29 is 9.53 Å². The maximum Gasteiger partial charge on any atom is 0.224 e. The molecule has 1 aliphatic heterocycles. The first kappa shape index (κ1) is 20.0. The lowest BCUT2D eigenvalue weighted by molar-refractivity contribution is -0.119. The van der Waals surface area contributed by atoms with Gasteiger partial charge in [0.05, 0.1) is 42.0 Å². The van der Waals surface area contributed by atoms with Crippen molar-refractivity contribution in [2.45, 2.75) is 19.4 Å². The number of carbonyl (C=O) groups excluding carboxylic acids is 1. The minimum atomic E-state index is -0.344. The normalized spacial score (nSPS) is 15.6. The zero-order valence-corrected chi connectivity index (χ0v) is 17.0. The van der Waals surface area contributed by atoms with Gasteiger partial charge in [0, 0.05) is 30.6 Å². The average Bonchev–Trinajstić information content (AvgIpc) is 2.78. The van der Waals surface area contributed by atoms with Crippen LogP contribution in [-0.4, -0.2) is 42.1 Å². The van der Waals surface area contributed by atoms with Crippen molar-refractivity contribution in [3.05, 3.63) is 65.2 Å². The first-order chi connectivity index (χ1) is 14.5. The van der Waals surface area contributed by atoms with Crippen LogP contribution in [0.3, 0.4) is 0 Å². The highest BCUT2D eigenvalue weighted by molar-refractivity contribution is 5.86. The second-order valence-electron chi connectivity index (χ2n) is 7.64. The van der Waals surface area contributed by atoms with E-state index in [1.54, 1.807) is 6.92 Å². The van der Waals surface area contributed by atoms with Gasteiger partial charge in [0.1, 0.15) is 0 Å². The summed E-state index contributed by atoms with van der Waals surface area (Å²) in [5, 5.41) is 10.4. The fourth-order valence-corrected chi connectivity index (χ4v) is 3.76. The van der Waals surface area contributed by atoms with Crippen LogP contribution in [0.2, 0.25) is 0 Å². The first-order valence-electron chi connectivity index (χ1n) is 10.1. The molecule has 0 radical (unpaired) electrons. The van der Waals surface area contributed by atoms with E-state index >= 15 is 0 Å². The highest BCUT2D eigenvalue weighted by Gasteiger charge is 2.16. The first-order valence-corrected chi connectivity index (χ1v) is 10.1. The summed E-state index contributed by atoms with van der Waals surface area (Å²) >= 11 is 0. The average molecular weight is 400 g/mol. The zero-order valence-electron chi connectivity index (χ0n) is 17.0. The van der Waals surface area contributed by atoms with Crippen LogP contribution in [0.5, 0.6) is 0 Å². The van der Waals surface area contributed by atoms with E-state index in [1.807, 2.05) is 42.5 Å². The maximum absolute atomic E-state index is 11.5. The van der Waals surface area contributed by atoms with Gasteiger partial charge in [-0.25, -0.2) is 4.98 Å². The van der Waals surface area contributed by atoms with Crippen molar-refractivity contribution in [1.82, 2.24) is 9.88 Å². The zero-order chi connectivity index (χ0) is 21.1. The van der Waals surface area contributed by atoms with E-state index in [0.29, 0.717) is 5.56 Å². The molecule has 2 aromatic carbocycles. The quantitative estimate of drug-likeness (QED) is 0.710. The minimum Gasteiger partial charge on any atom is -0.379 e. The fourth-order valence-electron chi connectivity index (χ4n) is 3.76. The van der Waals surface area contributed by atoms with Crippen LogP contribution >= 0.6 is 0 Å². The number of morpholine rings is 1. The van der Waals surface area contributed by atoms with Crippen LogP contribution < -0.4 is 5.73 Å². The molecule has 1 saturated heterocycles. The van der Waals surface area contributed by atoms with Gasteiger partial charge in [-0.2, -0.15) is 5.26 Å². The van der Waals surface area contributed by atoms with Gasteiger partial charge >= 0.3 is 0 Å². The highest BCUT2D eigenvalue weighted by atomic mass is 16.5. The Labute approximate surface area is 175 Å². The summed E-state index contributed by atoms with van der Waals surface area (Å²) in [7, 11) is 0. The second kappa shape index (κ2) is 8.62. The summed E-state index contributed by atoms with van der Waals surface area (Å²) in [5.74, 6) is -0.679. The van der Waals surface area contributed by atoms with Gasteiger partial charge in [0.15, 0.2) is 0 Å². The van der Waals surface area contributed by atoms with Crippen LogP contribution in [-0.2, 0) is 16.1 Å². The van der Waals surface area contributed by atoms with Crippen LogP contribution in [0.15, 0.2) is 48.5 Å². The summed E-state index contributed by atoms with van der Waals surface area (Å²) in [5.41, 5.74) is 10.7. The standard InChI is InChI=1S/C24H24N4O2/c1-16(24(26)29)18-3-5-19(6-4-18)22-13-20(15-28-8-10-30-11-9-28)21-7-2-17(14-25)12-23(21)27-22/h2-7,12-13,16H,8-11,15H2,1H3,(H2,26,29). The Kier molecular flexibility index (Phi) is 5.75. The number of rotatable bonds is 5. The molecule has 1 aliphatic rings.